The maximum atomic E-state index is 11.1. The van der Waals surface area contributed by atoms with Crippen LogP contribution < -0.4 is 0 Å². The van der Waals surface area contributed by atoms with Crippen LogP contribution in [0.4, 0.5) is 5.69 Å². The smallest absolute Gasteiger partial charge is 0.258 e. The number of hydrogen-bond acceptors (Lipinski definition) is 7. The van der Waals surface area contributed by atoms with Crippen LogP contribution in [0.5, 0.6) is 0 Å². The molecule has 0 unspecified atom stereocenters. The Labute approximate surface area is 113 Å². The number of hydrogen-bond donors (Lipinski definition) is 0. The molecule has 9 nitrogen and oxygen atoms in total. The molecule has 0 fully saturated rings. The summed E-state index contributed by atoms with van der Waals surface area (Å²) in [5.41, 5.74) is 0.365. The summed E-state index contributed by atoms with van der Waals surface area (Å²) in [6.07, 6.45) is 0. The lowest BCUT2D eigenvalue weighted by molar-refractivity contribution is -0.388. The first-order valence-electron chi connectivity index (χ1n) is 5.55. The van der Waals surface area contributed by atoms with E-state index in [9.17, 15) is 10.1 Å². The Morgan fingerprint density at radius 1 is 1.42 bits per heavy atom. The van der Waals surface area contributed by atoms with Crippen molar-refractivity contribution in [2.75, 3.05) is 0 Å². The van der Waals surface area contributed by atoms with Crippen molar-refractivity contribution in [1.29, 1.82) is 0 Å². The van der Waals surface area contributed by atoms with Crippen LogP contribution in [-0.2, 0) is 7.05 Å². The van der Waals surface area contributed by atoms with Gasteiger partial charge in [-0.2, -0.15) is 5.10 Å². The minimum atomic E-state index is -0.436. The molecular formula is C9H13N7O2S. The first kappa shape index (κ1) is 13.5. The van der Waals surface area contributed by atoms with Gasteiger partial charge in [0.2, 0.25) is 5.16 Å². The highest BCUT2D eigenvalue weighted by atomic mass is 32.2. The highest BCUT2D eigenvalue weighted by molar-refractivity contribution is 7.99. The largest absolute Gasteiger partial charge is 0.324 e. The molecular weight excluding hydrogens is 270 g/mol. The van der Waals surface area contributed by atoms with Crippen LogP contribution in [0, 0.1) is 17.0 Å². The van der Waals surface area contributed by atoms with Crippen molar-refractivity contribution in [3.63, 3.8) is 0 Å². The summed E-state index contributed by atoms with van der Waals surface area (Å²) < 4.78 is 3.08. The fraction of sp³-hybridized carbons (Fsp3) is 0.556. The van der Waals surface area contributed by atoms with E-state index >= 15 is 0 Å². The van der Waals surface area contributed by atoms with E-state index in [0.717, 1.165) is 11.8 Å². The van der Waals surface area contributed by atoms with E-state index in [2.05, 4.69) is 20.6 Å². The van der Waals surface area contributed by atoms with Crippen molar-refractivity contribution in [1.82, 2.24) is 30.0 Å². The maximum absolute atomic E-state index is 11.1. The van der Waals surface area contributed by atoms with Crippen LogP contribution in [0.3, 0.4) is 0 Å². The monoisotopic (exact) mass is 283 g/mol. The minimum absolute atomic E-state index is 0.00851. The third-order valence-electron chi connectivity index (χ3n) is 2.46. The fourth-order valence-corrected chi connectivity index (χ4v) is 2.70. The van der Waals surface area contributed by atoms with Gasteiger partial charge in [0.05, 0.1) is 11.0 Å². The highest BCUT2D eigenvalue weighted by Gasteiger charge is 2.26. The lowest BCUT2D eigenvalue weighted by Gasteiger charge is -2.06. The summed E-state index contributed by atoms with van der Waals surface area (Å²) in [5.74, 6) is 0. The van der Waals surface area contributed by atoms with E-state index < -0.39 is 4.92 Å². The van der Waals surface area contributed by atoms with Gasteiger partial charge in [-0.1, -0.05) is 0 Å². The quantitative estimate of drug-likeness (QED) is 0.616. The van der Waals surface area contributed by atoms with Crippen LogP contribution in [0.1, 0.15) is 25.6 Å². The highest BCUT2D eigenvalue weighted by Crippen LogP contribution is 2.35. The number of rotatable bonds is 4. The molecule has 0 radical (unpaired) electrons. The molecule has 2 heterocycles. The Kier molecular flexibility index (Phi) is 3.51. The van der Waals surface area contributed by atoms with Crippen LogP contribution in [0.15, 0.2) is 10.2 Å². The second-order valence-electron chi connectivity index (χ2n) is 4.22. The summed E-state index contributed by atoms with van der Waals surface area (Å²) in [6, 6.07) is 0.0749. The van der Waals surface area contributed by atoms with Gasteiger partial charge in [-0.05, 0) is 43.0 Å². The summed E-state index contributed by atoms with van der Waals surface area (Å²) in [4.78, 5) is 10.6. The van der Waals surface area contributed by atoms with Crippen molar-refractivity contribution in [2.45, 2.75) is 37.0 Å². The van der Waals surface area contributed by atoms with E-state index in [1.807, 2.05) is 13.8 Å². The molecule has 0 amide bonds. The average molecular weight is 283 g/mol. The lowest BCUT2D eigenvalue weighted by atomic mass is 10.4. The van der Waals surface area contributed by atoms with Crippen molar-refractivity contribution >= 4 is 17.4 Å². The third-order valence-corrected chi connectivity index (χ3v) is 3.56. The number of tetrazole rings is 1. The van der Waals surface area contributed by atoms with Gasteiger partial charge >= 0.3 is 5.69 Å². The molecule has 102 valence electrons. The Balaban J connectivity index is 2.44. The van der Waals surface area contributed by atoms with Crippen LogP contribution >= 0.6 is 11.8 Å². The van der Waals surface area contributed by atoms with Gasteiger partial charge in [0, 0.05) is 7.05 Å². The second-order valence-corrected chi connectivity index (χ2v) is 5.18. The van der Waals surface area contributed by atoms with Gasteiger partial charge in [0.25, 0.3) is 0 Å². The maximum Gasteiger partial charge on any atom is 0.324 e. The van der Waals surface area contributed by atoms with Crippen molar-refractivity contribution in [3.8, 4) is 0 Å². The van der Waals surface area contributed by atoms with Crippen LogP contribution in [-0.4, -0.2) is 34.9 Å². The van der Waals surface area contributed by atoms with Gasteiger partial charge in [0.15, 0.2) is 5.03 Å². The van der Waals surface area contributed by atoms with E-state index in [0.29, 0.717) is 15.9 Å². The second kappa shape index (κ2) is 4.96. The zero-order chi connectivity index (χ0) is 14.2. The van der Waals surface area contributed by atoms with Gasteiger partial charge in [0.1, 0.15) is 5.69 Å². The average Bonchev–Trinajstić information content (AvgIpc) is 2.85. The summed E-state index contributed by atoms with van der Waals surface area (Å²) in [7, 11) is 1.66. The normalized spacial score (nSPS) is 11.2. The molecule has 0 bridgehead atoms. The fourth-order valence-electron chi connectivity index (χ4n) is 1.61. The number of aryl methyl sites for hydroxylation is 2. The predicted molar refractivity (Wildman–Crippen MR) is 66.9 cm³/mol. The van der Waals surface area contributed by atoms with E-state index in [-0.39, 0.29) is 11.7 Å². The van der Waals surface area contributed by atoms with Gasteiger partial charge in [-0.25, -0.2) is 4.68 Å². The summed E-state index contributed by atoms with van der Waals surface area (Å²) >= 11 is 1.14. The predicted octanol–water partition coefficient (Wildman–Crippen LogP) is 1.36. The summed E-state index contributed by atoms with van der Waals surface area (Å²) in [5, 5.41) is 27.4. The van der Waals surface area contributed by atoms with E-state index in [1.54, 1.807) is 18.7 Å². The van der Waals surface area contributed by atoms with Crippen molar-refractivity contribution in [3.05, 3.63) is 15.8 Å². The molecule has 2 aromatic rings. The lowest BCUT2D eigenvalue weighted by Crippen LogP contribution is -2.05. The molecule has 0 aromatic carbocycles. The molecule has 0 aliphatic heterocycles. The molecule has 2 aromatic heterocycles. The molecule has 0 saturated heterocycles. The first-order chi connectivity index (χ1) is 8.91. The number of nitrogens with zero attached hydrogens (tertiary/aromatic N) is 7. The third kappa shape index (κ3) is 2.43. The van der Waals surface area contributed by atoms with Gasteiger partial charge in [-0.15, -0.1) is 5.10 Å². The Morgan fingerprint density at radius 2 is 2.11 bits per heavy atom. The number of nitro groups is 1. The molecule has 0 saturated carbocycles. The Hall–Kier alpha value is -1.97. The standard InChI is InChI=1S/C9H13N7O2S/c1-5(2)15-9(10-12-13-15)19-8-7(16(17)18)6(3)11-14(8)4/h5H,1-4H3. The Bertz CT molecular complexity index is 618. The molecule has 0 spiro atoms. The first-order valence-corrected chi connectivity index (χ1v) is 6.37. The molecule has 0 atom stereocenters. The topological polar surface area (TPSA) is 105 Å². The van der Waals surface area contributed by atoms with E-state index in [1.165, 1.54) is 4.68 Å². The zero-order valence-corrected chi connectivity index (χ0v) is 11.7. The van der Waals surface area contributed by atoms with E-state index in [4.69, 9.17) is 0 Å². The van der Waals surface area contributed by atoms with Gasteiger partial charge < -0.3 is 0 Å². The molecule has 10 heteroatoms. The molecule has 0 aliphatic carbocycles. The molecule has 19 heavy (non-hydrogen) atoms. The van der Waals surface area contributed by atoms with Crippen molar-refractivity contribution < 1.29 is 4.92 Å². The molecule has 0 aliphatic rings. The summed E-state index contributed by atoms with van der Waals surface area (Å²) in [6.45, 7) is 5.47. The van der Waals surface area contributed by atoms with Crippen LogP contribution in [0.2, 0.25) is 0 Å². The Morgan fingerprint density at radius 3 is 2.68 bits per heavy atom. The molecule has 2 rings (SSSR count). The van der Waals surface area contributed by atoms with Gasteiger partial charge in [-0.3, -0.25) is 14.8 Å². The zero-order valence-electron chi connectivity index (χ0n) is 10.9. The van der Waals surface area contributed by atoms with Crippen LogP contribution in [0.25, 0.3) is 0 Å². The molecule has 0 N–H and O–H groups in total. The SMILES string of the molecule is Cc1nn(C)c(Sc2nnnn2C(C)C)c1[N+](=O)[O-]. The van der Waals surface area contributed by atoms with Crippen molar-refractivity contribution in [2.24, 2.45) is 7.05 Å². The minimum Gasteiger partial charge on any atom is -0.258 e. The number of aromatic nitrogens is 6.